The summed E-state index contributed by atoms with van der Waals surface area (Å²) in [6, 6.07) is 0. The van der Waals surface area contributed by atoms with Crippen molar-refractivity contribution >= 4 is 16.1 Å². The second-order valence-corrected chi connectivity index (χ2v) is 19.9. The van der Waals surface area contributed by atoms with Gasteiger partial charge in [0.25, 0.3) is 0 Å². The monoisotopic (exact) mass is 342 g/mol. The average Bonchev–Trinajstić information content (AvgIpc) is 2.18. The Kier molecular flexibility index (Phi) is 16.7. The van der Waals surface area contributed by atoms with Crippen molar-refractivity contribution in [3.05, 3.63) is 5.67 Å². The van der Waals surface area contributed by atoms with Gasteiger partial charge in [0.2, 0.25) is 0 Å². The zero-order chi connectivity index (χ0) is 17.3. The SMILES string of the molecule is C[NH+](C)CC[NH+](C)CC[NH+](C)C.C[Si](C)(C)[CH-][Si](C)(C)C.[Li+]. The minimum absolute atomic E-state index is 0. The van der Waals surface area contributed by atoms with Crippen molar-refractivity contribution in [3.8, 4) is 0 Å². The second kappa shape index (κ2) is 13.2. The van der Waals surface area contributed by atoms with Gasteiger partial charge in [0.05, 0.1) is 35.2 Å². The number of hydrogen-bond acceptors (Lipinski definition) is 0. The van der Waals surface area contributed by atoms with Crippen LogP contribution in [0.1, 0.15) is 0 Å². The molecule has 0 aliphatic carbocycles. The maximum Gasteiger partial charge on any atom is 1.00 e. The van der Waals surface area contributed by atoms with Gasteiger partial charge in [0, 0.05) is 0 Å². The summed E-state index contributed by atoms with van der Waals surface area (Å²) < 4.78 is 0. The molecule has 22 heavy (non-hydrogen) atoms. The molecule has 0 atom stereocenters. The van der Waals surface area contributed by atoms with Crippen LogP contribution in [0.5, 0.6) is 0 Å². The van der Waals surface area contributed by atoms with Crippen LogP contribution in [0.2, 0.25) is 39.3 Å². The average molecular weight is 343 g/mol. The maximum absolute atomic E-state index is 2.65. The molecule has 3 nitrogen and oxygen atoms in total. The summed E-state index contributed by atoms with van der Waals surface area (Å²) in [7, 11) is 9.42. The summed E-state index contributed by atoms with van der Waals surface area (Å²) >= 11 is 0. The van der Waals surface area contributed by atoms with Crippen molar-refractivity contribution in [2.75, 3.05) is 61.4 Å². The van der Waals surface area contributed by atoms with E-state index < -0.39 is 16.1 Å². The van der Waals surface area contributed by atoms with Gasteiger partial charge >= 0.3 is 18.9 Å². The molecular formula is C16H45LiN3Si2+3. The van der Waals surface area contributed by atoms with Crippen LogP contribution in [-0.4, -0.2) is 77.6 Å². The van der Waals surface area contributed by atoms with E-state index in [1.165, 1.54) is 26.2 Å². The molecule has 0 bridgehead atoms. The zero-order valence-electron chi connectivity index (χ0n) is 17.9. The van der Waals surface area contributed by atoms with Crippen molar-refractivity contribution in [1.29, 1.82) is 0 Å². The van der Waals surface area contributed by atoms with Gasteiger partial charge in [0.15, 0.2) is 0 Å². The van der Waals surface area contributed by atoms with Gasteiger partial charge in [0.1, 0.15) is 26.2 Å². The number of quaternary nitrogens is 3. The minimum Gasteiger partial charge on any atom is -0.335 e. The fourth-order valence-corrected chi connectivity index (χ4v) is 12.7. The molecule has 0 fully saturated rings. The minimum atomic E-state index is -0.856. The van der Waals surface area contributed by atoms with Gasteiger partial charge in [-0.2, -0.15) is 0 Å². The summed E-state index contributed by atoms with van der Waals surface area (Å²) in [5.41, 5.74) is 2.65. The Morgan fingerprint density at radius 2 is 0.864 bits per heavy atom. The van der Waals surface area contributed by atoms with Crippen LogP contribution in [0.3, 0.4) is 0 Å². The third-order valence-electron chi connectivity index (χ3n) is 2.97. The molecule has 0 aliphatic heterocycles. The van der Waals surface area contributed by atoms with E-state index in [2.05, 4.69) is 80.2 Å². The molecule has 0 amide bonds. The molecular weight excluding hydrogens is 297 g/mol. The van der Waals surface area contributed by atoms with E-state index in [-0.39, 0.29) is 18.9 Å². The van der Waals surface area contributed by atoms with Crippen molar-refractivity contribution < 1.29 is 33.6 Å². The van der Waals surface area contributed by atoms with Gasteiger partial charge in [-0.05, 0) is 0 Å². The number of hydrogen-bond donors (Lipinski definition) is 3. The molecule has 130 valence electrons. The molecule has 0 unspecified atom stereocenters. The van der Waals surface area contributed by atoms with E-state index in [0.29, 0.717) is 0 Å². The Bertz CT molecular complexity index is 225. The van der Waals surface area contributed by atoms with Crippen molar-refractivity contribution in [3.63, 3.8) is 0 Å². The van der Waals surface area contributed by atoms with E-state index in [4.69, 9.17) is 0 Å². The molecule has 0 spiro atoms. The van der Waals surface area contributed by atoms with Crippen molar-refractivity contribution in [1.82, 2.24) is 0 Å². The Morgan fingerprint density at radius 3 is 1.00 bits per heavy atom. The van der Waals surface area contributed by atoms with E-state index in [1.54, 1.807) is 14.7 Å². The van der Waals surface area contributed by atoms with Crippen LogP contribution in [0.4, 0.5) is 0 Å². The first-order chi connectivity index (χ1) is 9.23. The predicted octanol–water partition coefficient (Wildman–Crippen LogP) is -4.26. The summed E-state index contributed by atoms with van der Waals surface area (Å²) in [6.07, 6.45) is 0. The summed E-state index contributed by atoms with van der Waals surface area (Å²) in [4.78, 5) is 4.75. The topological polar surface area (TPSA) is 13.3 Å². The molecule has 0 saturated carbocycles. The van der Waals surface area contributed by atoms with E-state index >= 15 is 0 Å². The summed E-state index contributed by atoms with van der Waals surface area (Å²) in [6.45, 7) is 19.6. The number of rotatable bonds is 8. The van der Waals surface area contributed by atoms with Gasteiger partial charge in [-0.1, -0.05) is 39.3 Å². The molecule has 6 heteroatoms. The van der Waals surface area contributed by atoms with E-state index in [0.717, 1.165) is 0 Å². The molecule has 0 heterocycles. The Hall–Kier alpha value is 0.911. The van der Waals surface area contributed by atoms with Gasteiger partial charge in [-0.3, -0.25) is 0 Å². The summed E-state index contributed by atoms with van der Waals surface area (Å²) in [5, 5.41) is 0. The van der Waals surface area contributed by atoms with Crippen molar-refractivity contribution in [2.45, 2.75) is 39.3 Å². The third kappa shape index (κ3) is 29.0. The fourth-order valence-electron chi connectivity index (χ4n) is 2.35. The predicted molar refractivity (Wildman–Crippen MR) is 103 cm³/mol. The van der Waals surface area contributed by atoms with Crippen LogP contribution in [-0.2, 0) is 0 Å². The molecule has 3 N–H and O–H groups in total. The van der Waals surface area contributed by atoms with Gasteiger partial charge in [-0.15, -0.1) is 16.1 Å². The Morgan fingerprint density at radius 1 is 0.591 bits per heavy atom. The smallest absolute Gasteiger partial charge is 0.335 e. The number of nitrogens with one attached hydrogen (secondary N) is 3. The third-order valence-corrected chi connectivity index (χ3v) is 9.90. The number of likely N-dealkylation sites (N-methyl/N-ethyl adjacent to an activating group) is 3. The van der Waals surface area contributed by atoms with Gasteiger partial charge < -0.3 is 20.4 Å². The first-order valence-corrected chi connectivity index (χ1v) is 15.6. The molecule has 0 aromatic heterocycles. The van der Waals surface area contributed by atoms with E-state index in [1.807, 2.05) is 0 Å². The Balaban J connectivity index is -0.000000326. The largest absolute Gasteiger partial charge is 1.00 e. The Labute approximate surface area is 156 Å². The van der Waals surface area contributed by atoms with Gasteiger partial charge in [-0.25, -0.2) is 0 Å². The fraction of sp³-hybridized carbons (Fsp3) is 0.938. The quantitative estimate of drug-likeness (QED) is 0.292. The molecule has 0 aromatic rings. The van der Waals surface area contributed by atoms with Crippen LogP contribution < -0.4 is 33.6 Å². The molecule has 0 saturated heterocycles. The standard InChI is InChI=1S/C9H23N3.C7H19Si2.Li/c1-10(2)6-8-12(5)9-7-11(3)4;1-8(2,3)7-9(4,5)6;/h6-9H2,1-5H3;7H,1-6H3;/q;-1;+1/p+3. The first-order valence-electron chi connectivity index (χ1n) is 8.49. The first kappa shape index (κ1) is 27.7. The summed E-state index contributed by atoms with van der Waals surface area (Å²) in [5.74, 6) is 0. The van der Waals surface area contributed by atoms with Crippen molar-refractivity contribution in [2.24, 2.45) is 0 Å². The molecule has 0 aliphatic rings. The molecule has 0 aromatic carbocycles. The van der Waals surface area contributed by atoms with E-state index in [9.17, 15) is 0 Å². The van der Waals surface area contributed by atoms with Crippen LogP contribution >= 0.6 is 0 Å². The molecule has 0 rings (SSSR count). The zero-order valence-corrected chi connectivity index (χ0v) is 19.9. The second-order valence-electron chi connectivity index (χ2n) is 9.25. The maximum atomic E-state index is 2.65. The van der Waals surface area contributed by atoms with Crippen LogP contribution in [0, 0.1) is 5.67 Å². The normalized spacial score (nSPS) is 12.3. The van der Waals surface area contributed by atoms with Crippen LogP contribution in [0.15, 0.2) is 0 Å². The molecule has 0 radical (unpaired) electrons. The van der Waals surface area contributed by atoms with Crippen LogP contribution in [0.25, 0.3) is 0 Å².